The number of hydrogen-bond donors (Lipinski definition) is 3. The molecule has 0 radical (unpaired) electrons. The van der Waals surface area contributed by atoms with Crippen molar-refractivity contribution >= 4 is 5.91 Å². The van der Waals surface area contributed by atoms with E-state index in [1.165, 1.54) is 18.2 Å². The molecule has 4 heteroatoms. The molecule has 0 atom stereocenters. The number of carbonyl (C=O) groups is 1. The number of aromatic hydroxyl groups is 2. The Morgan fingerprint density at radius 2 is 1.76 bits per heavy atom. The standard InChI is InChI=1S/C13H19NO3/c1-4-5-13(2,3)14-12(17)9-6-10(15)8-11(16)7-9/h6-8,15-16H,4-5H2,1-3H3,(H,14,17). The van der Waals surface area contributed by atoms with E-state index in [0.29, 0.717) is 0 Å². The molecule has 0 spiro atoms. The first kappa shape index (κ1) is 13.4. The van der Waals surface area contributed by atoms with Crippen LogP contribution in [0.25, 0.3) is 0 Å². The molecule has 0 saturated carbocycles. The number of benzene rings is 1. The van der Waals surface area contributed by atoms with Crippen molar-refractivity contribution in [1.29, 1.82) is 0 Å². The molecule has 1 aromatic carbocycles. The summed E-state index contributed by atoms with van der Waals surface area (Å²) in [5, 5.41) is 21.5. The second-order valence-electron chi connectivity index (χ2n) is 4.83. The summed E-state index contributed by atoms with van der Waals surface area (Å²) in [6.07, 6.45) is 1.84. The van der Waals surface area contributed by atoms with Gasteiger partial charge < -0.3 is 15.5 Å². The normalized spacial score (nSPS) is 11.2. The summed E-state index contributed by atoms with van der Waals surface area (Å²) in [7, 11) is 0. The van der Waals surface area contributed by atoms with Crippen LogP contribution < -0.4 is 5.32 Å². The molecule has 94 valence electrons. The van der Waals surface area contributed by atoms with Gasteiger partial charge in [-0.1, -0.05) is 13.3 Å². The predicted octanol–water partition coefficient (Wildman–Crippen LogP) is 2.41. The van der Waals surface area contributed by atoms with Crippen molar-refractivity contribution in [1.82, 2.24) is 5.32 Å². The van der Waals surface area contributed by atoms with Crippen molar-refractivity contribution in [2.45, 2.75) is 39.2 Å². The van der Waals surface area contributed by atoms with Crippen molar-refractivity contribution < 1.29 is 15.0 Å². The van der Waals surface area contributed by atoms with Crippen LogP contribution in [-0.2, 0) is 0 Å². The average Bonchev–Trinajstić information content (AvgIpc) is 2.14. The predicted molar refractivity (Wildman–Crippen MR) is 66.2 cm³/mol. The molecule has 0 aliphatic carbocycles. The minimum Gasteiger partial charge on any atom is -0.508 e. The van der Waals surface area contributed by atoms with Crippen LogP contribution >= 0.6 is 0 Å². The van der Waals surface area contributed by atoms with Gasteiger partial charge in [-0.2, -0.15) is 0 Å². The van der Waals surface area contributed by atoms with Crippen molar-refractivity contribution in [3.8, 4) is 11.5 Å². The van der Waals surface area contributed by atoms with Crippen LogP contribution in [0.3, 0.4) is 0 Å². The Labute approximate surface area is 101 Å². The lowest BCUT2D eigenvalue weighted by molar-refractivity contribution is 0.0908. The summed E-state index contributed by atoms with van der Waals surface area (Å²) in [6, 6.07) is 3.85. The number of phenolic OH excluding ortho intramolecular Hbond substituents is 2. The van der Waals surface area contributed by atoms with Crippen LogP contribution in [-0.4, -0.2) is 21.7 Å². The molecule has 0 unspecified atom stereocenters. The quantitative estimate of drug-likeness (QED) is 0.753. The van der Waals surface area contributed by atoms with Gasteiger partial charge in [0.1, 0.15) is 11.5 Å². The molecule has 1 aromatic rings. The summed E-state index contributed by atoms with van der Waals surface area (Å²) in [4.78, 5) is 11.9. The molecule has 3 N–H and O–H groups in total. The van der Waals surface area contributed by atoms with Crippen LogP contribution in [0.15, 0.2) is 18.2 Å². The van der Waals surface area contributed by atoms with Crippen molar-refractivity contribution in [3.63, 3.8) is 0 Å². The number of phenols is 2. The molecule has 1 rings (SSSR count). The Morgan fingerprint density at radius 3 is 2.24 bits per heavy atom. The van der Waals surface area contributed by atoms with Gasteiger partial charge in [-0.15, -0.1) is 0 Å². The van der Waals surface area contributed by atoms with Gasteiger partial charge in [0.05, 0.1) is 0 Å². The number of amides is 1. The number of hydrogen-bond acceptors (Lipinski definition) is 3. The molecule has 0 saturated heterocycles. The van der Waals surface area contributed by atoms with E-state index < -0.39 is 0 Å². The maximum Gasteiger partial charge on any atom is 0.251 e. The average molecular weight is 237 g/mol. The summed E-state index contributed by atoms with van der Waals surface area (Å²) >= 11 is 0. The summed E-state index contributed by atoms with van der Waals surface area (Å²) in [5.74, 6) is -0.540. The SMILES string of the molecule is CCCC(C)(C)NC(=O)c1cc(O)cc(O)c1. The minimum absolute atomic E-state index is 0.122. The van der Waals surface area contributed by atoms with E-state index in [1.807, 2.05) is 20.8 Å². The van der Waals surface area contributed by atoms with Gasteiger partial charge >= 0.3 is 0 Å². The molecule has 1 amide bonds. The van der Waals surface area contributed by atoms with Crippen molar-refractivity contribution in [2.75, 3.05) is 0 Å². The third kappa shape index (κ3) is 3.98. The highest BCUT2D eigenvalue weighted by Crippen LogP contribution is 2.21. The fourth-order valence-corrected chi connectivity index (χ4v) is 1.79. The van der Waals surface area contributed by atoms with E-state index in [9.17, 15) is 15.0 Å². The second-order valence-corrected chi connectivity index (χ2v) is 4.83. The van der Waals surface area contributed by atoms with Crippen LogP contribution in [0.1, 0.15) is 44.0 Å². The van der Waals surface area contributed by atoms with E-state index in [0.717, 1.165) is 12.8 Å². The fourth-order valence-electron chi connectivity index (χ4n) is 1.79. The molecular formula is C13H19NO3. The Hall–Kier alpha value is -1.71. The summed E-state index contributed by atoms with van der Waals surface area (Å²) in [6.45, 7) is 5.93. The second kappa shape index (κ2) is 5.08. The molecule has 0 heterocycles. The third-order valence-corrected chi connectivity index (χ3v) is 2.49. The van der Waals surface area contributed by atoms with Crippen molar-refractivity contribution in [2.24, 2.45) is 0 Å². The first-order chi connectivity index (χ1) is 7.84. The summed E-state index contributed by atoms with van der Waals surface area (Å²) < 4.78 is 0. The highest BCUT2D eigenvalue weighted by molar-refractivity contribution is 5.95. The van der Waals surface area contributed by atoms with E-state index in [2.05, 4.69) is 5.32 Å². The molecule has 0 fully saturated rings. The van der Waals surface area contributed by atoms with Gasteiger partial charge in [0, 0.05) is 17.2 Å². The Kier molecular flexibility index (Phi) is 3.99. The van der Waals surface area contributed by atoms with Gasteiger partial charge in [-0.05, 0) is 32.4 Å². The Bertz CT molecular complexity index is 393. The van der Waals surface area contributed by atoms with Gasteiger partial charge in [0.2, 0.25) is 0 Å². The zero-order valence-electron chi connectivity index (χ0n) is 10.4. The highest BCUT2D eigenvalue weighted by atomic mass is 16.3. The first-order valence-electron chi connectivity index (χ1n) is 5.69. The number of rotatable bonds is 4. The van der Waals surface area contributed by atoms with E-state index >= 15 is 0 Å². The van der Waals surface area contributed by atoms with Gasteiger partial charge in [-0.25, -0.2) is 0 Å². The van der Waals surface area contributed by atoms with E-state index in [4.69, 9.17) is 0 Å². The molecule has 0 aliphatic heterocycles. The smallest absolute Gasteiger partial charge is 0.251 e. The van der Waals surface area contributed by atoms with E-state index in [-0.39, 0.29) is 28.5 Å². The largest absolute Gasteiger partial charge is 0.508 e. The molecule has 0 bridgehead atoms. The van der Waals surface area contributed by atoms with Gasteiger partial charge in [-0.3, -0.25) is 4.79 Å². The van der Waals surface area contributed by atoms with Gasteiger partial charge in [0.15, 0.2) is 0 Å². The topological polar surface area (TPSA) is 69.6 Å². The Morgan fingerprint density at radius 1 is 1.24 bits per heavy atom. The van der Waals surface area contributed by atoms with Crippen molar-refractivity contribution in [3.05, 3.63) is 23.8 Å². The lowest BCUT2D eigenvalue weighted by Gasteiger charge is -2.25. The van der Waals surface area contributed by atoms with Crippen LogP contribution in [0.5, 0.6) is 11.5 Å². The fraction of sp³-hybridized carbons (Fsp3) is 0.462. The summed E-state index contributed by atoms with van der Waals surface area (Å²) in [5.41, 5.74) is -0.0425. The first-order valence-corrected chi connectivity index (χ1v) is 5.69. The lowest BCUT2D eigenvalue weighted by atomic mass is 9.98. The third-order valence-electron chi connectivity index (χ3n) is 2.49. The van der Waals surface area contributed by atoms with E-state index in [1.54, 1.807) is 0 Å². The zero-order valence-corrected chi connectivity index (χ0v) is 10.4. The molecule has 0 aromatic heterocycles. The minimum atomic E-state index is -0.299. The van der Waals surface area contributed by atoms with Crippen LogP contribution in [0, 0.1) is 0 Å². The van der Waals surface area contributed by atoms with Gasteiger partial charge in [0.25, 0.3) is 5.91 Å². The maximum atomic E-state index is 11.9. The molecule has 0 aliphatic rings. The lowest BCUT2D eigenvalue weighted by Crippen LogP contribution is -2.43. The van der Waals surface area contributed by atoms with Crippen LogP contribution in [0.2, 0.25) is 0 Å². The van der Waals surface area contributed by atoms with Crippen LogP contribution in [0.4, 0.5) is 0 Å². The highest BCUT2D eigenvalue weighted by Gasteiger charge is 2.20. The zero-order chi connectivity index (χ0) is 13.1. The molecule has 17 heavy (non-hydrogen) atoms. The number of carbonyl (C=O) groups excluding carboxylic acids is 1. The Balaban J connectivity index is 2.83. The molecular weight excluding hydrogens is 218 g/mol. The monoisotopic (exact) mass is 237 g/mol. The molecule has 4 nitrogen and oxygen atoms in total. The number of nitrogens with one attached hydrogen (secondary N) is 1. The maximum absolute atomic E-state index is 11.9.